The Hall–Kier alpha value is -2.41. The highest BCUT2D eigenvalue weighted by Gasteiger charge is 2.31. The molecule has 3 rings (SSSR count). The number of carbonyl (C=O) groups excluding carboxylic acids is 1. The molecule has 3 nitrogen and oxygen atoms in total. The maximum absolute atomic E-state index is 12.7. The average molecular weight is 438 g/mol. The third-order valence-electron chi connectivity index (χ3n) is 7.22. The molecule has 0 aliphatic heterocycles. The van der Waals surface area contributed by atoms with Crippen molar-refractivity contribution in [2.45, 2.75) is 89.6 Å². The predicted molar refractivity (Wildman–Crippen MR) is 126 cm³/mol. The van der Waals surface area contributed by atoms with Gasteiger partial charge in [-0.1, -0.05) is 43.3 Å². The first kappa shape index (κ1) is 24.2. The number of carbonyl (C=O) groups is 1. The van der Waals surface area contributed by atoms with Crippen LogP contribution in [0.1, 0.15) is 88.2 Å². The SMILES string of the molecule is CCc1ccc([C@H]2CC[C@H](C(=O)O[C@H]3CC[C@H](CCC=CC=C(F)C#N)CC3)CC2)cc1. The Labute approximate surface area is 192 Å². The number of benzene rings is 1. The zero-order valence-electron chi connectivity index (χ0n) is 19.3. The molecule has 4 heteroatoms. The first-order valence-electron chi connectivity index (χ1n) is 12.3. The van der Waals surface area contributed by atoms with E-state index in [1.165, 1.54) is 23.3 Å². The maximum atomic E-state index is 12.7. The van der Waals surface area contributed by atoms with Crippen molar-refractivity contribution in [3.8, 4) is 6.07 Å². The van der Waals surface area contributed by atoms with E-state index in [1.807, 2.05) is 6.08 Å². The van der Waals surface area contributed by atoms with Gasteiger partial charge in [-0.25, -0.2) is 0 Å². The zero-order chi connectivity index (χ0) is 22.8. The van der Waals surface area contributed by atoms with E-state index in [0.29, 0.717) is 11.8 Å². The Morgan fingerprint density at radius 1 is 1.09 bits per heavy atom. The lowest BCUT2D eigenvalue weighted by molar-refractivity contribution is -0.157. The van der Waals surface area contributed by atoms with Crippen molar-refractivity contribution >= 4 is 5.97 Å². The predicted octanol–water partition coefficient (Wildman–Crippen LogP) is 7.34. The fourth-order valence-corrected chi connectivity index (χ4v) is 5.10. The van der Waals surface area contributed by atoms with E-state index in [4.69, 9.17) is 10.00 Å². The van der Waals surface area contributed by atoms with E-state index in [2.05, 4.69) is 31.2 Å². The van der Waals surface area contributed by atoms with Gasteiger partial charge >= 0.3 is 5.97 Å². The van der Waals surface area contributed by atoms with E-state index >= 15 is 0 Å². The van der Waals surface area contributed by atoms with Gasteiger partial charge in [0.1, 0.15) is 12.2 Å². The topological polar surface area (TPSA) is 50.1 Å². The van der Waals surface area contributed by atoms with Gasteiger partial charge < -0.3 is 4.74 Å². The molecule has 0 unspecified atom stereocenters. The second-order valence-corrected chi connectivity index (χ2v) is 9.36. The van der Waals surface area contributed by atoms with Gasteiger partial charge in [-0.3, -0.25) is 4.79 Å². The molecule has 0 radical (unpaired) electrons. The number of nitrogens with zero attached hydrogens (tertiary/aromatic N) is 1. The van der Waals surface area contributed by atoms with Gasteiger partial charge in [0.2, 0.25) is 0 Å². The molecule has 0 bridgehead atoms. The molecule has 0 atom stereocenters. The summed E-state index contributed by atoms with van der Waals surface area (Å²) in [6.07, 6.45) is 15.9. The molecular formula is C28H36FNO2. The Morgan fingerprint density at radius 3 is 2.41 bits per heavy atom. The summed E-state index contributed by atoms with van der Waals surface area (Å²) in [6.45, 7) is 2.18. The fourth-order valence-electron chi connectivity index (χ4n) is 5.10. The van der Waals surface area contributed by atoms with Crippen LogP contribution in [-0.4, -0.2) is 12.1 Å². The van der Waals surface area contributed by atoms with Crippen LogP contribution in [0.25, 0.3) is 0 Å². The Kier molecular flexibility index (Phi) is 9.53. The van der Waals surface area contributed by atoms with Crippen LogP contribution in [0.3, 0.4) is 0 Å². The van der Waals surface area contributed by atoms with Gasteiger partial charge in [0.15, 0.2) is 5.83 Å². The van der Waals surface area contributed by atoms with Crippen LogP contribution in [0.5, 0.6) is 0 Å². The number of esters is 1. The number of nitriles is 1. The molecule has 1 aromatic rings. The molecule has 0 amide bonds. The first-order valence-corrected chi connectivity index (χ1v) is 12.3. The van der Waals surface area contributed by atoms with Gasteiger partial charge in [0.05, 0.1) is 5.92 Å². The number of hydrogen-bond acceptors (Lipinski definition) is 3. The molecule has 172 valence electrons. The van der Waals surface area contributed by atoms with Crippen molar-refractivity contribution in [1.82, 2.24) is 0 Å². The second-order valence-electron chi connectivity index (χ2n) is 9.36. The molecule has 0 saturated heterocycles. The molecule has 2 saturated carbocycles. The summed E-state index contributed by atoms with van der Waals surface area (Å²) in [5.74, 6) is 0.520. The average Bonchev–Trinajstić information content (AvgIpc) is 2.84. The smallest absolute Gasteiger partial charge is 0.309 e. The minimum atomic E-state index is -0.761. The van der Waals surface area contributed by atoms with Crippen LogP contribution < -0.4 is 0 Å². The molecule has 2 fully saturated rings. The van der Waals surface area contributed by atoms with Gasteiger partial charge in [-0.2, -0.15) is 9.65 Å². The summed E-state index contributed by atoms with van der Waals surface area (Å²) >= 11 is 0. The zero-order valence-corrected chi connectivity index (χ0v) is 19.3. The van der Waals surface area contributed by atoms with Crippen LogP contribution >= 0.6 is 0 Å². The summed E-state index contributed by atoms with van der Waals surface area (Å²) in [7, 11) is 0. The largest absolute Gasteiger partial charge is 0.462 e. The highest BCUT2D eigenvalue weighted by Crippen LogP contribution is 2.37. The van der Waals surface area contributed by atoms with E-state index < -0.39 is 5.83 Å². The number of allylic oxidation sites excluding steroid dienone is 4. The third kappa shape index (κ3) is 7.33. The molecule has 32 heavy (non-hydrogen) atoms. The van der Waals surface area contributed by atoms with Crippen molar-refractivity contribution in [2.24, 2.45) is 11.8 Å². The van der Waals surface area contributed by atoms with E-state index in [1.54, 1.807) is 6.08 Å². The summed E-state index contributed by atoms with van der Waals surface area (Å²) in [4.78, 5) is 12.7. The van der Waals surface area contributed by atoms with Crippen molar-refractivity contribution < 1.29 is 13.9 Å². The highest BCUT2D eigenvalue weighted by molar-refractivity contribution is 5.72. The molecule has 0 aromatic heterocycles. The van der Waals surface area contributed by atoms with Crippen molar-refractivity contribution in [1.29, 1.82) is 5.26 Å². The number of halogens is 1. The molecule has 1 aromatic carbocycles. The lowest BCUT2D eigenvalue weighted by Crippen LogP contribution is -2.29. The van der Waals surface area contributed by atoms with Gasteiger partial charge in [0, 0.05) is 0 Å². The summed E-state index contributed by atoms with van der Waals surface area (Å²) in [6, 6.07) is 10.4. The molecule has 0 N–H and O–H groups in total. The second kappa shape index (κ2) is 12.6. The van der Waals surface area contributed by atoms with Crippen LogP contribution in [-0.2, 0) is 16.0 Å². The van der Waals surface area contributed by atoms with Crippen LogP contribution in [0.4, 0.5) is 4.39 Å². The number of rotatable bonds is 8. The standard InChI is InChI=1S/C28H36FNO2/c1-2-21-8-12-23(13-9-21)24-14-16-25(17-15-24)28(31)32-27-18-10-22(11-19-27)6-4-3-5-7-26(29)20-30/h3,5,7-9,12-13,22,24-25,27H,2,4,6,10-11,14-19H2,1H3/t22-,24-,25-,27-. The third-order valence-corrected chi connectivity index (χ3v) is 7.22. The van der Waals surface area contributed by atoms with Crippen LogP contribution in [0.2, 0.25) is 0 Å². The minimum Gasteiger partial charge on any atom is -0.462 e. The first-order chi connectivity index (χ1) is 15.6. The Balaban J connectivity index is 1.33. The highest BCUT2D eigenvalue weighted by atomic mass is 19.1. The maximum Gasteiger partial charge on any atom is 0.309 e. The quantitative estimate of drug-likeness (QED) is 0.243. The van der Waals surface area contributed by atoms with Crippen molar-refractivity contribution in [3.63, 3.8) is 0 Å². The number of ether oxygens (including phenoxy) is 1. The molecular weight excluding hydrogens is 401 g/mol. The van der Waals surface area contributed by atoms with E-state index in [-0.39, 0.29) is 18.0 Å². The molecule has 2 aliphatic rings. The van der Waals surface area contributed by atoms with Gasteiger partial charge in [-0.05, 0) is 99.7 Å². The Bertz CT molecular complexity index is 820. The van der Waals surface area contributed by atoms with E-state index in [0.717, 1.165) is 70.6 Å². The normalized spacial score (nSPS) is 26.6. The fraction of sp³-hybridized carbons (Fsp3) is 0.571. The number of aryl methyl sites for hydroxylation is 1. The summed E-state index contributed by atoms with van der Waals surface area (Å²) in [5, 5.41) is 8.38. The molecule has 0 spiro atoms. The van der Waals surface area contributed by atoms with E-state index in [9.17, 15) is 9.18 Å². The van der Waals surface area contributed by atoms with Crippen LogP contribution in [0, 0.1) is 23.2 Å². The van der Waals surface area contributed by atoms with Gasteiger partial charge in [-0.15, -0.1) is 0 Å². The van der Waals surface area contributed by atoms with Crippen LogP contribution in [0.15, 0.2) is 48.3 Å². The lowest BCUT2D eigenvalue weighted by Gasteiger charge is -2.31. The van der Waals surface area contributed by atoms with Crippen molar-refractivity contribution in [2.75, 3.05) is 0 Å². The lowest BCUT2D eigenvalue weighted by atomic mass is 9.78. The summed E-state index contributed by atoms with van der Waals surface area (Å²) in [5.41, 5.74) is 2.79. The van der Waals surface area contributed by atoms with Crippen molar-refractivity contribution in [3.05, 3.63) is 59.4 Å². The monoisotopic (exact) mass is 437 g/mol. The molecule has 0 heterocycles. The molecule has 2 aliphatic carbocycles. The number of hydrogen-bond donors (Lipinski definition) is 0. The summed E-state index contributed by atoms with van der Waals surface area (Å²) < 4.78 is 18.6. The van der Waals surface area contributed by atoms with Gasteiger partial charge in [0.25, 0.3) is 0 Å². The Morgan fingerprint density at radius 2 is 1.78 bits per heavy atom. The minimum absolute atomic E-state index is 0.0162.